The average molecular weight is 494 g/mol. The van der Waals surface area contributed by atoms with Crippen LogP contribution in [-0.4, -0.2) is 46.8 Å². The number of rotatable bonds is 4. The molecule has 1 unspecified atom stereocenters. The molecular formula is C21H20BrNO6S. The smallest absolute Gasteiger partial charge is 0.348 e. The van der Waals surface area contributed by atoms with Gasteiger partial charge in [0.25, 0.3) is 0 Å². The number of hydrogen-bond acceptors (Lipinski definition) is 8. The Morgan fingerprint density at radius 3 is 2.40 bits per heavy atom. The van der Waals surface area contributed by atoms with Crippen LogP contribution in [-0.2, 0) is 19.1 Å². The number of fused-ring (bicyclic) bond motifs is 1. The Labute approximate surface area is 186 Å². The molecular weight excluding hydrogens is 474 g/mol. The van der Waals surface area contributed by atoms with Crippen molar-refractivity contribution in [3.63, 3.8) is 0 Å². The lowest BCUT2D eigenvalue weighted by molar-refractivity contribution is -0.149. The summed E-state index contributed by atoms with van der Waals surface area (Å²) < 4.78 is 10.3. The van der Waals surface area contributed by atoms with Crippen LogP contribution in [0.3, 0.4) is 0 Å². The number of phenols is 1. The standard InChI is InChI=1S/C21H20BrNO6S/c1-10-6-7-14(18(25)16(10)22)17(24)13-8-15(19(26)28-4)21(20(27)29-5)23(9-13)11(2)12(3)30-21/h6-9,25H,1-5H3. The first-order valence-corrected chi connectivity index (χ1v) is 10.5. The van der Waals surface area contributed by atoms with Crippen molar-refractivity contribution in [1.29, 1.82) is 0 Å². The lowest BCUT2D eigenvalue weighted by atomic mass is 9.93. The summed E-state index contributed by atoms with van der Waals surface area (Å²) in [6, 6.07) is 3.21. The Morgan fingerprint density at radius 1 is 1.13 bits per heavy atom. The third-order valence-electron chi connectivity index (χ3n) is 5.13. The zero-order chi connectivity index (χ0) is 22.4. The first kappa shape index (κ1) is 22.2. The van der Waals surface area contributed by atoms with Crippen molar-refractivity contribution in [3.05, 3.63) is 61.8 Å². The Hall–Kier alpha value is -2.52. The summed E-state index contributed by atoms with van der Waals surface area (Å²) in [5.41, 5.74) is 1.61. The first-order valence-electron chi connectivity index (χ1n) is 8.89. The molecule has 1 atom stereocenters. The maximum Gasteiger partial charge on any atom is 0.348 e. The van der Waals surface area contributed by atoms with E-state index in [1.54, 1.807) is 24.8 Å². The first-order chi connectivity index (χ1) is 14.1. The summed E-state index contributed by atoms with van der Waals surface area (Å²) in [6.45, 7) is 5.39. The highest BCUT2D eigenvalue weighted by Crippen LogP contribution is 2.53. The minimum atomic E-state index is -1.52. The summed E-state index contributed by atoms with van der Waals surface area (Å²) in [5, 5.41) is 10.5. The summed E-state index contributed by atoms with van der Waals surface area (Å²) >= 11 is 4.43. The zero-order valence-corrected chi connectivity index (χ0v) is 19.4. The van der Waals surface area contributed by atoms with E-state index in [2.05, 4.69) is 15.9 Å². The molecule has 0 aliphatic carbocycles. The highest BCUT2D eigenvalue weighted by Gasteiger charge is 2.58. The van der Waals surface area contributed by atoms with E-state index in [1.807, 2.05) is 6.92 Å². The Balaban J connectivity index is 2.22. The molecule has 2 aliphatic rings. The van der Waals surface area contributed by atoms with Crippen molar-refractivity contribution in [2.45, 2.75) is 25.6 Å². The molecule has 2 heterocycles. The van der Waals surface area contributed by atoms with Gasteiger partial charge in [0.15, 0.2) is 5.78 Å². The number of thioether (sulfide) groups is 1. The number of aryl methyl sites for hydroxylation is 1. The number of halogens is 1. The van der Waals surface area contributed by atoms with Gasteiger partial charge >= 0.3 is 11.9 Å². The van der Waals surface area contributed by atoms with Crippen LogP contribution in [0, 0.1) is 6.92 Å². The van der Waals surface area contributed by atoms with Crippen molar-refractivity contribution >= 4 is 45.4 Å². The number of aromatic hydroxyl groups is 1. The molecule has 7 nitrogen and oxygen atoms in total. The van der Waals surface area contributed by atoms with E-state index in [-0.39, 0.29) is 22.5 Å². The Morgan fingerprint density at radius 2 is 1.80 bits per heavy atom. The zero-order valence-electron chi connectivity index (χ0n) is 17.0. The van der Waals surface area contributed by atoms with Gasteiger partial charge < -0.3 is 19.5 Å². The molecule has 1 aromatic rings. The van der Waals surface area contributed by atoms with Crippen molar-refractivity contribution < 1.29 is 29.0 Å². The number of carbonyl (C=O) groups is 3. The molecule has 0 saturated carbocycles. The van der Waals surface area contributed by atoms with Crippen molar-refractivity contribution in [2.24, 2.45) is 0 Å². The average Bonchev–Trinajstić information content (AvgIpc) is 3.00. The fourth-order valence-corrected chi connectivity index (χ4v) is 5.12. The van der Waals surface area contributed by atoms with Crippen molar-refractivity contribution in [2.75, 3.05) is 14.2 Å². The van der Waals surface area contributed by atoms with E-state index in [1.165, 1.54) is 32.6 Å². The monoisotopic (exact) mass is 493 g/mol. The number of nitrogens with zero attached hydrogens (tertiary/aromatic N) is 1. The number of phenolic OH excluding ortho intramolecular Hbond substituents is 1. The molecule has 2 aliphatic heterocycles. The Kier molecular flexibility index (Phi) is 5.88. The summed E-state index contributed by atoms with van der Waals surface area (Å²) in [4.78, 5) is 39.6. The highest BCUT2D eigenvalue weighted by molar-refractivity contribution is 9.10. The van der Waals surface area contributed by atoms with E-state index in [9.17, 15) is 19.5 Å². The fraction of sp³-hybridized carbons (Fsp3) is 0.286. The van der Waals surface area contributed by atoms with Crippen molar-refractivity contribution in [1.82, 2.24) is 4.90 Å². The van der Waals surface area contributed by atoms with Gasteiger partial charge in [0.2, 0.25) is 4.87 Å². The molecule has 0 fully saturated rings. The molecule has 0 amide bonds. The normalized spacial score (nSPS) is 20.4. The molecule has 1 N–H and O–H groups in total. The molecule has 0 bridgehead atoms. The van der Waals surface area contributed by atoms with E-state index >= 15 is 0 Å². The lowest BCUT2D eigenvalue weighted by Gasteiger charge is -2.38. The van der Waals surface area contributed by atoms with Crippen LogP contribution < -0.4 is 0 Å². The summed E-state index contributed by atoms with van der Waals surface area (Å²) in [7, 11) is 2.44. The number of Topliss-reactive ketones (excluding diaryl/α,β-unsaturated/α-hetero) is 1. The second-order valence-electron chi connectivity index (χ2n) is 6.81. The van der Waals surface area contributed by atoms with E-state index < -0.39 is 22.6 Å². The number of allylic oxidation sites excluding steroid dienone is 4. The van der Waals surface area contributed by atoms with Gasteiger partial charge in [0.1, 0.15) is 5.75 Å². The maximum atomic E-state index is 13.2. The van der Waals surface area contributed by atoms with Gasteiger partial charge in [0, 0.05) is 22.4 Å². The van der Waals surface area contributed by atoms with Gasteiger partial charge in [0.05, 0.1) is 29.8 Å². The molecule has 9 heteroatoms. The number of carbonyl (C=O) groups excluding carboxylic acids is 3. The van der Waals surface area contributed by atoms with Crippen LogP contribution in [0.1, 0.15) is 29.8 Å². The minimum Gasteiger partial charge on any atom is -0.506 e. The number of hydrogen-bond donors (Lipinski definition) is 1. The van der Waals surface area contributed by atoms with Crippen LogP contribution in [0.5, 0.6) is 5.75 Å². The largest absolute Gasteiger partial charge is 0.506 e. The summed E-state index contributed by atoms with van der Waals surface area (Å²) in [6.07, 6.45) is 2.82. The van der Waals surface area contributed by atoms with Crippen LogP contribution >= 0.6 is 27.7 Å². The van der Waals surface area contributed by atoms with E-state index in [0.29, 0.717) is 10.2 Å². The fourth-order valence-electron chi connectivity index (χ4n) is 3.38. The lowest BCUT2D eigenvalue weighted by Crippen LogP contribution is -2.52. The van der Waals surface area contributed by atoms with Gasteiger partial charge in [-0.2, -0.15) is 0 Å². The van der Waals surface area contributed by atoms with Crippen LogP contribution in [0.25, 0.3) is 0 Å². The van der Waals surface area contributed by atoms with E-state index in [4.69, 9.17) is 9.47 Å². The SMILES string of the molecule is COC(=O)C1=CC(C(=O)c2ccc(C)c(Br)c2O)=CN2C(C)=C(C)SC12C(=O)OC. The molecule has 158 valence electrons. The number of benzene rings is 1. The number of methoxy groups -OCH3 is 2. The highest BCUT2D eigenvalue weighted by atomic mass is 79.9. The maximum absolute atomic E-state index is 13.2. The van der Waals surface area contributed by atoms with Crippen LogP contribution in [0.15, 0.2) is 50.6 Å². The van der Waals surface area contributed by atoms with Gasteiger partial charge in [-0.05, 0) is 54.4 Å². The van der Waals surface area contributed by atoms with Crippen LogP contribution in [0.4, 0.5) is 0 Å². The molecule has 0 radical (unpaired) electrons. The molecule has 0 saturated heterocycles. The quantitative estimate of drug-likeness (QED) is 0.499. The number of ketones is 1. The molecule has 1 aromatic carbocycles. The van der Waals surface area contributed by atoms with Gasteiger partial charge in [-0.3, -0.25) is 4.79 Å². The van der Waals surface area contributed by atoms with E-state index in [0.717, 1.165) is 22.2 Å². The van der Waals surface area contributed by atoms with Crippen molar-refractivity contribution in [3.8, 4) is 5.75 Å². The second kappa shape index (κ2) is 7.96. The van der Waals surface area contributed by atoms with Gasteiger partial charge in [-0.15, -0.1) is 0 Å². The molecule has 30 heavy (non-hydrogen) atoms. The number of ether oxygens (including phenoxy) is 2. The molecule has 3 rings (SSSR count). The van der Waals surface area contributed by atoms with Crippen LogP contribution in [0.2, 0.25) is 0 Å². The topological polar surface area (TPSA) is 93.1 Å². The predicted octanol–water partition coefficient (Wildman–Crippen LogP) is 3.81. The second-order valence-corrected chi connectivity index (χ2v) is 9.01. The molecule has 0 aromatic heterocycles. The number of esters is 2. The molecule has 0 spiro atoms. The third kappa shape index (κ3) is 3.16. The predicted molar refractivity (Wildman–Crippen MR) is 116 cm³/mol. The third-order valence-corrected chi connectivity index (χ3v) is 7.61. The van der Waals surface area contributed by atoms with Gasteiger partial charge in [-0.1, -0.05) is 17.8 Å². The summed E-state index contributed by atoms with van der Waals surface area (Å²) in [5.74, 6) is -2.12. The van der Waals surface area contributed by atoms with Gasteiger partial charge in [-0.25, -0.2) is 9.59 Å². The minimum absolute atomic E-state index is 0.0328. The Bertz CT molecular complexity index is 1070.